The summed E-state index contributed by atoms with van der Waals surface area (Å²) < 4.78 is 30.1. The summed E-state index contributed by atoms with van der Waals surface area (Å²) in [6.45, 7) is 5.74. The highest BCUT2D eigenvalue weighted by atomic mass is 32.2. The summed E-state index contributed by atoms with van der Waals surface area (Å²) in [4.78, 5) is 0.333. The number of aryl methyl sites for hydroxylation is 3. The van der Waals surface area contributed by atoms with Crippen molar-refractivity contribution >= 4 is 15.8 Å². The number of hydrogen-bond donors (Lipinski definition) is 1. The maximum Gasteiger partial charge on any atom is 0.263 e. The summed E-state index contributed by atoms with van der Waals surface area (Å²) in [6, 6.07) is 5.68. The van der Waals surface area contributed by atoms with Crippen LogP contribution in [0.1, 0.15) is 48.4 Å². The average molecular weight is 333 g/mol. The molecule has 5 nitrogen and oxygen atoms in total. The Balaban J connectivity index is 1.93. The van der Waals surface area contributed by atoms with Gasteiger partial charge in [-0.2, -0.15) is 5.10 Å². The van der Waals surface area contributed by atoms with Crippen molar-refractivity contribution in [2.24, 2.45) is 0 Å². The molecule has 2 aromatic rings. The van der Waals surface area contributed by atoms with E-state index in [1.54, 1.807) is 18.3 Å². The van der Waals surface area contributed by atoms with E-state index in [9.17, 15) is 8.42 Å². The van der Waals surface area contributed by atoms with Crippen molar-refractivity contribution in [2.75, 3.05) is 4.72 Å². The van der Waals surface area contributed by atoms with Gasteiger partial charge in [-0.25, -0.2) is 13.1 Å². The molecule has 124 valence electrons. The summed E-state index contributed by atoms with van der Waals surface area (Å²) in [7, 11) is -3.62. The number of benzene rings is 1. The highest BCUT2D eigenvalue weighted by Crippen LogP contribution is 2.32. The van der Waals surface area contributed by atoms with Gasteiger partial charge < -0.3 is 0 Å². The molecule has 0 radical (unpaired) electrons. The van der Waals surface area contributed by atoms with Gasteiger partial charge in [-0.1, -0.05) is 18.9 Å². The fourth-order valence-electron chi connectivity index (χ4n) is 3.25. The molecule has 0 saturated heterocycles. The normalized spacial score (nSPS) is 16.0. The highest BCUT2D eigenvalue weighted by molar-refractivity contribution is 7.92. The Hall–Kier alpha value is -1.82. The molecule has 1 aliphatic carbocycles. The molecule has 0 atom stereocenters. The van der Waals surface area contributed by atoms with E-state index in [2.05, 4.69) is 9.82 Å². The molecule has 0 unspecified atom stereocenters. The SMILES string of the molecule is Cc1cc(C)c(S(=O)(=O)Nc2ccnn2C2CCCC2)cc1C. The van der Waals surface area contributed by atoms with Crippen LogP contribution >= 0.6 is 0 Å². The van der Waals surface area contributed by atoms with Crippen molar-refractivity contribution in [1.29, 1.82) is 0 Å². The fourth-order valence-corrected chi connectivity index (χ4v) is 4.61. The number of aromatic nitrogens is 2. The molecule has 23 heavy (non-hydrogen) atoms. The summed E-state index contributed by atoms with van der Waals surface area (Å²) >= 11 is 0. The van der Waals surface area contributed by atoms with E-state index < -0.39 is 10.0 Å². The minimum absolute atomic E-state index is 0.295. The lowest BCUT2D eigenvalue weighted by Crippen LogP contribution is -2.19. The maximum atomic E-state index is 12.8. The van der Waals surface area contributed by atoms with Crippen molar-refractivity contribution in [1.82, 2.24) is 9.78 Å². The molecule has 3 rings (SSSR count). The number of rotatable bonds is 4. The monoisotopic (exact) mass is 333 g/mol. The van der Waals surface area contributed by atoms with Crippen LogP contribution in [-0.4, -0.2) is 18.2 Å². The number of hydrogen-bond acceptors (Lipinski definition) is 3. The number of nitrogens with one attached hydrogen (secondary N) is 1. The molecular weight excluding hydrogens is 310 g/mol. The first-order valence-corrected chi connectivity index (χ1v) is 9.51. The van der Waals surface area contributed by atoms with E-state index in [4.69, 9.17) is 0 Å². The predicted octanol–water partition coefficient (Wildman–Crippen LogP) is 3.72. The third-order valence-corrected chi connectivity index (χ3v) is 6.16. The third kappa shape index (κ3) is 3.13. The van der Waals surface area contributed by atoms with E-state index in [0.29, 0.717) is 16.8 Å². The quantitative estimate of drug-likeness (QED) is 0.927. The number of anilines is 1. The molecule has 1 N–H and O–H groups in total. The maximum absolute atomic E-state index is 12.8. The van der Waals surface area contributed by atoms with Gasteiger partial charge >= 0.3 is 0 Å². The van der Waals surface area contributed by atoms with E-state index in [0.717, 1.165) is 29.5 Å². The van der Waals surface area contributed by atoms with Crippen molar-refractivity contribution in [2.45, 2.75) is 57.4 Å². The smallest absolute Gasteiger partial charge is 0.263 e. The van der Waals surface area contributed by atoms with Crippen LogP contribution in [0, 0.1) is 20.8 Å². The van der Waals surface area contributed by atoms with Gasteiger partial charge in [-0.05, 0) is 56.4 Å². The lowest BCUT2D eigenvalue weighted by atomic mass is 10.1. The summed E-state index contributed by atoms with van der Waals surface area (Å²) in [5.74, 6) is 0.550. The Morgan fingerprint density at radius 1 is 1.09 bits per heavy atom. The number of sulfonamides is 1. The summed E-state index contributed by atoms with van der Waals surface area (Å²) in [5.41, 5.74) is 2.82. The largest absolute Gasteiger partial charge is 0.264 e. The lowest BCUT2D eigenvalue weighted by molar-refractivity contribution is 0.473. The van der Waals surface area contributed by atoms with E-state index >= 15 is 0 Å². The molecule has 0 spiro atoms. The van der Waals surface area contributed by atoms with Crippen LogP contribution in [0.25, 0.3) is 0 Å². The molecule has 0 amide bonds. The molecule has 0 aliphatic heterocycles. The van der Waals surface area contributed by atoms with Crippen molar-refractivity contribution in [3.05, 3.63) is 41.1 Å². The van der Waals surface area contributed by atoms with Crippen molar-refractivity contribution in [3.63, 3.8) is 0 Å². The standard InChI is InChI=1S/C17H23N3O2S/c1-12-10-14(3)16(11-13(12)2)23(21,22)19-17-8-9-18-20(17)15-6-4-5-7-15/h8-11,15,19H,4-7H2,1-3H3. The highest BCUT2D eigenvalue weighted by Gasteiger charge is 2.24. The first kappa shape index (κ1) is 16.1. The van der Waals surface area contributed by atoms with Crippen molar-refractivity contribution < 1.29 is 8.42 Å². The van der Waals surface area contributed by atoms with Crippen LogP contribution in [0.5, 0.6) is 0 Å². The Labute approximate surface area is 137 Å². The topological polar surface area (TPSA) is 64.0 Å². The first-order chi connectivity index (χ1) is 10.9. The van der Waals surface area contributed by atoms with Crippen LogP contribution < -0.4 is 4.72 Å². The van der Waals surface area contributed by atoms with Gasteiger partial charge in [0.05, 0.1) is 17.1 Å². The summed E-state index contributed by atoms with van der Waals surface area (Å²) in [5, 5.41) is 4.32. The Kier molecular flexibility index (Phi) is 4.19. The van der Waals surface area contributed by atoms with Gasteiger partial charge in [0.1, 0.15) is 5.82 Å². The molecule has 1 aromatic carbocycles. The Bertz CT molecular complexity index is 818. The van der Waals surface area contributed by atoms with Crippen LogP contribution in [0.2, 0.25) is 0 Å². The number of nitrogens with zero attached hydrogens (tertiary/aromatic N) is 2. The minimum atomic E-state index is -3.62. The zero-order chi connectivity index (χ0) is 16.6. The molecule has 1 fully saturated rings. The van der Waals surface area contributed by atoms with E-state index in [-0.39, 0.29) is 0 Å². The van der Waals surface area contributed by atoms with Crippen LogP contribution in [-0.2, 0) is 10.0 Å². The van der Waals surface area contributed by atoms with Gasteiger partial charge in [0.2, 0.25) is 0 Å². The zero-order valence-corrected chi connectivity index (χ0v) is 14.7. The lowest BCUT2D eigenvalue weighted by Gasteiger charge is -2.17. The van der Waals surface area contributed by atoms with Gasteiger partial charge in [-0.3, -0.25) is 4.72 Å². The Morgan fingerprint density at radius 3 is 2.43 bits per heavy atom. The van der Waals surface area contributed by atoms with Gasteiger partial charge in [0, 0.05) is 6.07 Å². The van der Waals surface area contributed by atoms with E-state index in [1.165, 1.54) is 12.8 Å². The first-order valence-electron chi connectivity index (χ1n) is 8.02. The second-order valence-electron chi connectivity index (χ2n) is 6.41. The molecule has 1 aromatic heterocycles. The second kappa shape index (κ2) is 6.00. The third-order valence-electron chi connectivity index (χ3n) is 4.66. The predicted molar refractivity (Wildman–Crippen MR) is 91.2 cm³/mol. The molecule has 1 saturated carbocycles. The molecule has 1 heterocycles. The second-order valence-corrected chi connectivity index (χ2v) is 8.06. The molecule has 6 heteroatoms. The minimum Gasteiger partial charge on any atom is -0.264 e. The van der Waals surface area contributed by atoms with E-state index in [1.807, 2.05) is 31.5 Å². The van der Waals surface area contributed by atoms with Crippen LogP contribution in [0.4, 0.5) is 5.82 Å². The molecular formula is C17H23N3O2S. The van der Waals surface area contributed by atoms with Crippen LogP contribution in [0.3, 0.4) is 0 Å². The van der Waals surface area contributed by atoms with Crippen LogP contribution in [0.15, 0.2) is 29.3 Å². The van der Waals surface area contributed by atoms with Crippen molar-refractivity contribution in [3.8, 4) is 0 Å². The fraction of sp³-hybridized carbons (Fsp3) is 0.471. The zero-order valence-electron chi connectivity index (χ0n) is 13.8. The summed E-state index contributed by atoms with van der Waals surface area (Å²) in [6.07, 6.45) is 6.11. The molecule has 0 bridgehead atoms. The Morgan fingerprint density at radius 2 is 1.74 bits per heavy atom. The van der Waals surface area contributed by atoms with Gasteiger partial charge in [0.15, 0.2) is 0 Å². The van der Waals surface area contributed by atoms with Gasteiger partial charge in [-0.15, -0.1) is 0 Å². The van der Waals surface area contributed by atoms with Gasteiger partial charge in [0.25, 0.3) is 10.0 Å². The average Bonchev–Trinajstić information content (AvgIpc) is 3.12. The molecule has 1 aliphatic rings.